The highest BCUT2D eigenvalue weighted by Crippen LogP contribution is 2.16. The number of benzene rings is 1. The van der Waals surface area contributed by atoms with E-state index in [4.69, 9.17) is 5.26 Å². The van der Waals surface area contributed by atoms with Gasteiger partial charge >= 0.3 is 0 Å². The normalized spacial score (nSPS) is 9.19. The molecule has 1 rings (SSSR count). The van der Waals surface area contributed by atoms with Crippen molar-refractivity contribution >= 4 is 55.9 Å². The lowest BCUT2D eigenvalue weighted by atomic mass is 10.2. The second kappa shape index (κ2) is 9.18. The van der Waals surface area contributed by atoms with Crippen molar-refractivity contribution in [1.29, 1.82) is 5.26 Å². The molecule has 16 heavy (non-hydrogen) atoms. The van der Waals surface area contributed by atoms with Crippen LogP contribution in [0, 0.1) is 18.5 Å². The molecule has 1 aromatic carbocycles. The summed E-state index contributed by atoms with van der Waals surface area (Å²) in [7, 11) is -2.10. The maximum Gasteiger partial charge on any atom is 0.139 e. The fraction of sp³-hybridized carbons (Fsp3) is 0.300. The summed E-state index contributed by atoms with van der Waals surface area (Å²) in [4.78, 5) is 0. The van der Waals surface area contributed by atoms with Crippen LogP contribution in [0.2, 0.25) is 0 Å². The van der Waals surface area contributed by atoms with Crippen LogP contribution in [0.1, 0.15) is 12.5 Å². The summed E-state index contributed by atoms with van der Waals surface area (Å²) in [5.74, 6) is 0.259. The van der Waals surface area contributed by atoms with E-state index < -0.39 is 10.7 Å². The number of nitriles is 1. The SMILES string of the molecule is CC[SH](=O)=O.N#CCc1ccc(I)c(I)c1. The van der Waals surface area contributed by atoms with Crippen molar-refractivity contribution in [3.63, 3.8) is 0 Å². The predicted molar refractivity (Wildman–Crippen MR) is 82.0 cm³/mol. The molecule has 1 aromatic rings. The molecule has 0 amide bonds. The Kier molecular flexibility index (Phi) is 9.25. The van der Waals surface area contributed by atoms with Crippen LogP contribution in [0.3, 0.4) is 0 Å². The minimum Gasteiger partial charge on any atom is -0.232 e. The highest BCUT2D eigenvalue weighted by Gasteiger charge is 1.96. The number of nitrogens with zero attached hydrogens (tertiary/aromatic N) is 1. The number of halogens is 2. The molecule has 0 unspecified atom stereocenters. The van der Waals surface area contributed by atoms with E-state index >= 15 is 0 Å². The second-order valence-electron chi connectivity index (χ2n) is 2.73. The van der Waals surface area contributed by atoms with Crippen LogP contribution < -0.4 is 0 Å². The van der Waals surface area contributed by atoms with Gasteiger partial charge in [-0.15, -0.1) is 0 Å². The third-order valence-corrected chi connectivity index (χ3v) is 4.91. The third kappa shape index (κ3) is 7.40. The molecule has 0 aliphatic carbocycles. The van der Waals surface area contributed by atoms with E-state index in [0.29, 0.717) is 6.42 Å². The van der Waals surface area contributed by atoms with Crippen LogP contribution in [0.25, 0.3) is 0 Å². The van der Waals surface area contributed by atoms with Crippen LogP contribution in [0.15, 0.2) is 18.2 Å². The van der Waals surface area contributed by atoms with Gasteiger partial charge in [-0.05, 0) is 62.9 Å². The monoisotopic (exact) mass is 463 g/mol. The molecule has 0 spiro atoms. The van der Waals surface area contributed by atoms with Gasteiger partial charge < -0.3 is 0 Å². The number of rotatable bonds is 2. The van der Waals surface area contributed by atoms with E-state index in [1.54, 1.807) is 6.92 Å². The topological polar surface area (TPSA) is 57.9 Å². The van der Waals surface area contributed by atoms with Crippen molar-refractivity contribution < 1.29 is 8.42 Å². The summed E-state index contributed by atoms with van der Waals surface area (Å²) in [6.45, 7) is 1.60. The van der Waals surface area contributed by atoms with Gasteiger partial charge in [0.25, 0.3) is 0 Å². The lowest BCUT2D eigenvalue weighted by Gasteiger charge is -1.97. The molecule has 3 nitrogen and oxygen atoms in total. The molecule has 0 fully saturated rings. The summed E-state index contributed by atoms with van der Waals surface area (Å²) >= 11 is 4.55. The minimum absolute atomic E-state index is 0.259. The Morgan fingerprint density at radius 2 is 1.88 bits per heavy atom. The van der Waals surface area contributed by atoms with E-state index in [0.717, 1.165) is 5.56 Å². The number of hydrogen-bond donors (Lipinski definition) is 1. The Hall–Kier alpha value is 0.120. The van der Waals surface area contributed by atoms with Gasteiger partial charge in [-0.1, -0.05) is 13.0 Å². The standard InChI is InChI=1S/C8H5I2N.C2H6O2S/c9-7-2-1-6(3-4-11)5-8(7)10;1-2-5(3)4/h1-2,5H,3H2;5H,2H2,1H3. The van der Waals surface area contributed by atoms with Crippen molar-refractivity contribution in [3.05, 3.63) is 30.9 Å². The minimum atomic E-state index is -2.10. The maximum absolute atomic E-state index is 9.41. The molecule has 0 radical (unpaired) electrons. The molecular formula is C10H11I2NO2S. The van der Waals surface area contributed by atoms with Crippen LogP contribution in [0.5, 0.6) is 0 Å². The molecule has 6 heteroatoms. The van der Waals surface area contributed by atoms with Crippen molar-refractivity contribution in [1.82, 2.24) is 0 Å². The zero-order valence-corrected chi connectivity index (χ0v) is 13.8. The second-order valence-corrected chi connectivity index (χ2v) is 6.35. The van der Waals surface area contributed by atoms with Gasteiger partial charge in [-0.25, -0.2) is 8.42 Å². The third-order valence-electron chi connectivity index (χ3n) is 1.53. The molecule has 88 valence electrons. The Bertz CT molecular complexity index is 445. The fourth-order valence-corrected chi connectivity index (χ4v) is 1.66. The smallest absolute Gasteiger partial charge is 0.139 e. The van der Waals surface area contributed by atoms with Crippen LogP contribution in [-0.4, -0.2) is 14.2 Å². The van der Waals surface area contributed by atoms with Gasteiger partial charge in [0.1, 0.15) is 10.7 Å². The zero-order chi connectivity index (χ0) is 12.6. The molecule has 0 saturated heterocycles. The largest absolute Gasteiger partial charge is 0.232 e. The van der Waals surface area contributed by atoms with E-state index in [1.165, 1.54) is 7.14 Å². The highest BCUT2D eigenvalue weighted by atomic mass is 127. The van der Waals surface area contributed by atoms with Crippen LogP contribution >= 0.6 is 45.2 Å². The van der Waals surface area contributed by atoms with E-state index in [1.807, 2.05) is 18.2 Å². The molecule has 0 N–H and O–H groups in total. The molecule has 0 aliphatic rings. The van der Waals surface area contributed by atoms with Crippen LogP contribution in [0.4, 0.5) is 0 Å². The van der Waals surface area contributed by atoms with E-state index in [9.17, 15) is 8.42 Å². The molecule has 0 aliphatic heterocycles. The number of hydrogen-bond acceptors (Lipinski definition) is 3. The van der Waals surface area contributed by atoms with Crippen molar-refractivity contribution in [2.45, 2.75) is 13.3 Å². The lowest BCUT2D eigenvalue weighted by molar-refractivity contribution is 0.615. The fourth-order valence-electron chi connectivity index (χ4n) is 0.741. The van der Waals surface area contributed by atoms with Crippen molar-refractivity contribution in [2.24, 2.45) is 0 Å². The average molecular weight is 463 g/mol. The zero-order valence-electron chi connectivity index (χ0n) is 8.61. The maximum atomic E-state index is 9.41. The Labute approximate surface area is 124 Å². The van der Waals surface area contributed by atoms with E-state index in [2.05, 4.69) is 51.3 Å². The summed E-state index contributed by atoms with van der Waals surface area (Å²) in [6.07, 6.45) is 0.507. The van der Waals surface area contributed by atoms with Gasteiger partial charge in [0.15, 0.2) is 0 Å². The molecule has 0 saturated carbocycles. The Morgan fingerprint density at radius 1 is 1.31 bits per heavy atom. The first kappa shape index (κ1) is 16.1. The molecular weight excluding hydrogens is 452 g/mol. The first-order valence-corrected chi connectivity index (χ1v) is 7.96. The average Bonchev–Trinajstić information content (AvgIpc) is 2.25. The van der Waals surface area contributed by atoms with Gasteiger partial charge in [0.2, 0.25) is 0 Å². The molecule has 0 bridgehead atoms. The molecule has 0 heterocycles. The molecule has 0 atom stereocenters. The van der Waals surface area contributed by atoms with Gasteiger partial charge in [0, 0.05) is 12.9 Å². The summed E-state index contributed by atoms with van der Waals surface area (Å²) in [5.41, 5.74) is 1.09. The summed E-state index contributed by atoms with van der Waals surface area (Å²) < 4.78 is 21.3. The Balaban J connectivity index is 0.000000385. The van der Waals surface area contributed by atoms with Crippen molar-refractivity contribution in [3.8, 4) is 6.07 Å². The first-order chi connectivity index (χ1) is 7.51. The molecule has 0 aromatic heterocycles. The quantitative estimate of drug-likeness (QED) is 0.543. The lowest BCUT2D eigenvalue weighted by Crippen LogP contribution is -1.85. The summed E-state index contributed by atoms with van der Waals surface area (Å²) in [5, 5.41) is 8.43. The van der Waals surface area contributed by atoms with Gasteiger partial charge in [-0.2, -0.15) is 5.26 Å². The predicted octanol–water partition coefficient (Wildman–Crippen LogP) is 2.58. The van der Waals surface area contributed by atoms with Crippen molar-refractivity contribution in [2.75, 3.05) is 5.75 Å². The number of thiol groups is 1. The van der Waals surface area contributed by atoms with E-state index in [-0.39, 0.29) is 5.75 Å². The van der Waals surface area contributed by atoms with Gasteiger partial charge in [-0.3, -0.25) is 0 Å². The first-order valence-electron chi connectivity index (χ1n) is 4.44. The Morgan fingerprint density at radius 3 is 2.25 bits per heavy atom. The van der Waals surface area contributed by atoms with Gasteiger partial charge in [0.05, 0.1) is 12.5 Å². The summed E-state index contributed by atoms with van der Waals surface area (Å²) in [6, 6.07) is 8.20. The van der Waals surface area contributed by atoms with Crippen LogP contribution in [-0.2, 0) is 17.1 Å². The highest BCUT2D eigenvalue weighted by molar-refractivity contribution is 14.1.